The van der Waals surface area contributed by atoms with E-state index < -0.39 is 5.60 Å². The van der Waals surface area contributed by atoms with Gasteiger partial charge in [0.05, 0.1) is 12.2 Å². The number of ether oxygens (including phenoxy) is 2. The fourth-order valence-electron chi connectivity index (χ4n) is 3.02. The maximum absolute atomic E-state index is 11.8. The van der Waals surface area contributed by atoms with E-state index in [2.05, 4.69) is 10.6 Å². The number of hydrogen-bond donors (Lipinski definition) is 2. The second-order valence-corrected chi connectivity index (χ2v) is 7.21. The Labute approximate surface area is 140 Å². The molecule has 1 heterocycles. The van der Waals surface area contributed by atoms with Gasteiger partial charge >= 0.3 is 6.09 Å². The van der Waals surface area contributed by atoms with Crippen LogP contribution in [-0.4, -0.2) is 43.0 Å². The van der Waals surface area contributed by atoms with Gasteiger partial charge in [0.25, 0.3) is 0 Å². The van der Waals surface area contributed by atoms with E-state index in [9.17, 15) is 4.79 Å². The van der Waals surface area contributed by atoms with Crippen molar-refractivity contribution in [3.8, 4) is 0 Å². The van der Waals surface area contributed by atoms with Crippen LogP contribution in [0.2, 0.25) is 0 Å². The van der Waals surface area contributed by atoms with Crippen molar-refractivity contribution >= 4 is 18.5 Å². The van der Waals surface area contributed by atoms with Crippen LogP contribution < -0.4 is 10.6 Å². The van der Waals surface area contributed by atoms with Gasteiger partial charge in [0.15, 0.2) is 0 Å². The van der Waals surface area contributed by atoms with E-state index in [1.165, 1.54) is 0 Å². The average Bonchev–Trinajstić information content (AvgIpc) is 2.40. The summed E-state index contributed by atoms with van der Waals surface area (Å²) >= 11 is 0. The molecule has 6 heteroatoms. The minimum absolute atomic E-state index is 0. The van der Waals surface area contributed by atoms with Crippen LogP contribution in [0.25, 0.3) is 0 Å². The number of carbonyl (C=O) groups excluding carboxylic acids is 1. The Morgan fingerprint density at radius 1 is 1.00 bits per heavy atom. The fourth-order valence-corrected chi connectivity index (χ4v) is 3.02. The highest BCUT2D eigenvalue weighted by molar-refractivity contribution is 5.85. The van der Waals surface area contributed by atoms with Crippen LogP contribution in [0.1, 0.15) is 59.3 Å². The molecule has 0 bridgehead atoms. The Morgan fingerprint density at radius 2 is 1.55 bits per heavy atom. The first-order chi connectivity index (χ1) is 9.92. The number of amides is 1. The lowest BCUT2D eigenvalue weighted by Crippen LogP contribution is -2.43. The number of carbonyl (C=O) groups is 1. The molecule has 0 aromatic rings. The lowest BCUT2D eigenvalue weighted by atomic mass is 9.92. The molecule has 1 aliphatic heterocycles. The maximum Gasteiger partial charge on any atom is 0.407 e. The predicted octanol–water partition coefficient (Wildman–Crippen LogP) is 3.01. The van der Waals surface area contributed by atoms with Gasteiger partial charge in [-0.3, -0.25) is 0 Å². The van der Waals surface area contributed by atoms with Crippen LogP contribution in [0.15, 0.2) is 0 Å². The van der Waals surface area contributed by atoms with Crippen LogP contribution in [-0.2, 0) is 9.47 Å². The van der Waals surface area contributed by atoms with E-state index >= 15 is 0 Å². The van der Waals surface area contributed by atoms with Gasteiger partial charge in [-0.05, 0) is 72.4 Å². The van der Waals surface area contributed by atoms with E-state index in [1.54, 1.807) is 0 Å². The quantitative estimate of drug-likeness (QED) is 0.833. The van der Waals surface area contributed by atoms with Crippen molar-refractivity contribution in [1.29, 1.82) is 0 Å². The SMILES string of the molecule is CC(C)(C)OC(=O)NC1CCC(OC2CCNCC2)CC1.Cl. The van der Waals surface area contributed by atoms with Crippen molar-refractivity contribution in [2.24, 2.45) is 0 Å². The number of hydrogen-bond acceptors (Lipinski definition) is 4. The normalized spacial score (nSPS) is 26.9. The van der Waals surface area contributed by atoms with Crippen molar-refractivity contribution in [2.45, 2.75) is 83.1 Å². The summed E-state index contributed by atoms with van der Waals surface area (Å²) in [5, 5.41) is 6.33. The summed E-state index contributed by atoms with van der Waals surface area (Å²) in [4.78, 5) is 11.8. The summed E-state index contributed by atoms with van der Waals surface area (Å²) in [6, 6.07) is 0.229. The second-order valence-electron chi connectivity index (χ2n) is 7.21. The third-order valence-corrected chi connectivity index (χ3v) is 4.07. The number of alkyl carbamates (subject to hydrolysis) is 1. The van der Waals surface area contributed by atoms with Gasteiger partial charge in [-0.2, -0.15) is 0 Å². The van der Waals surface area contributed by atoms with Crippen LogP contribution in [0.5, 0.6) is 0 Å². The first-order valence-corrected chi connectivity index (χ1v) is 8.28. The van der Waals surface area contributed by atoms with E-state index in [-0.39, 0.29) is 24.5 Å². The standard InChI is InChI=1S/C16H30N2O3.ClH/c1-16(2,3)21-15(19)18-12-4-6-13(7-5-12)20-14-8-10-17-11-9-14;/h12-14,17H,4-11H2,1-3H3,(H,18,19);1H. The molecule has 1 saturated carbocycles. The average molecular weight is 335 g/mol. The predicted molar refractivity (Wildman–Crippen MR) is 89.6 cm³/mol. The Kier molecular flexibility index (Phi) is 7.94. The number of piperidine rings is 1. The summed E-state index contributed by atoms with van der Waals surface area (Å²) in [5.41, 5.74) is -0.431. The molecule has 0 unspecified atom stereocenters. The van der Waals surface area contributed by atoms with Crippen molar-refractivity contribution in [2.75, 3.05) is 13.1 Å². The zero-order valence-electron chi connectivity index (χ0n) is 14.0. The molecule has 2 N–H and O–H groups in total. The molecule has 2 fully saturated rings. The van der Waals surface area contributed by atoms with Crippen molar-refractivity contribution < 1.29 is 14.3 Å². The molecular weight excluding hydrogens is 304 g/mol. The molecule has 0 aromatic heterocycles. The summed E-state index contributed by atoms with van der Waals surface area (Å²) in [5.74, 6) is 0. The van der Waals surface area contributed by atoms with Crippen molar-refractivity contribution in [3.63, 3.8) is 0 Å². The van der Waals surface area contributed by atoms with Crippen LogP contribution in [0, 0.1) is 0 Å². The van der Waals surface area contributed by atoms with E-state index in [4.69, 9.17) is 9.47 Å². The van der Waals surface area contributed by atoms with Gasteiger partial charge in [0, 0.05) is 6.04 Å². The van der Waals surface area contributed by atoms with Gasteiger partial charge in [-0.15, -0.1) is 12.4 Å². The van der Waals surface area contributed by atoms with Crippen molar-refractivity contribution in [3.05, 3.63) is 0 Å². The molecule has 0 atom stereocenters. The summed E-state index contributed by atoms with van der Waals surface area (Å²) < 4.78 is 11.5. The molecule has 0 radical (unpaired) electrons. The van der Waals surface area contributed by atoms with E-state index in [0.29, 0.717) is 12.2 Å². The highest BCUT2D eigenvalue weighted by Gasteiger charge is 2.27. The number of nitrogens with one attached hydrogen (secondary N) is 2. The number of halogens is 1. The summed E-state index contributed by atoms with van der Waals surface area (Å²) in [6.07, 6.45) is 6.76. The second kappa shape index (κ2) is 8.94. The lowest BCUT2D eigenvalue weighted by molar-refractivity contribution is -0.0456. The zero-order valence-corrected chi connectivity index (χ0v) is 14.8. The molecule has 1 aliphatic carbocycles. The van der Waals surface area contributed by atoms with Gasteiger partial charge < -0.3 is 20.1 Å². The van der Waals surface area contributed by atoms with Gasteiger partial charge in [-0.1, -0.05) is 0 Å². The monoisotopic (exact) mass is 334 g/mol. The minimum Gasteiger partial charge on any atom is -0.444 e. The lowest BCUT2D eigenvalue weighted by Gasteiger charge is -2.33. The Hall–Kier alpha value is -0.520. The molecule has 1 amide bonds. The van der Waals surface area contributed by atoms with Crippen LogP contribution in [0.4, 0.5) is 4.79 Å². The fraction of sp³-hybridized carbons (Fsp3) is 0.938. The molecule has 2 aliphatic rings. The zero-order chi connectivity index (χ0) is 15.3. The minimum atomic E-state index is -0.431. The molecule has 0 spiro atoms. The Bertz CT molecular complexity index is 333. The molecule has 1 saturated heterocycles. The third-order valence-electron chi connectivity index (χ3n) is 4.07. The first-order valence-electron chi connectivity index (χ1n) is 8.28. The Balaban J connectivity index is 0.00000242. The van der Waals surface area contributed by atoms with Crippen molar-refractivity contribution in [1.82, 2.24) is 10.6 Å². The van der Waals surface area contributed by atoms with E-state index in [0.717, 1.165) is 51.6 Å². The third kappa shape index (κ3) is 7.16. The highest BCUT2D eigenvalue weighted by atomic mass is 35.5. The highest BCUT2D eigenvalue weighted by Crippen LogP contribution is 2.24. The van der Waals surface area contributed by atoms with Gasteiger partial charge in [0.2, 0.25) is 0 Å². The first kappa shape index (κ1) is 19.5. The van der Waals surface area contributed by atoms with Gasteiger partial charge in [0.1, 0.15) is 5.60 Å². The van der Waals surface area contributed by atoms with Crippen LogP contribution in [0.3, 0.4) is 0 Å². The Morgan fingerprint density at radius 3 is 2.09 bits per heavy atom. The summed E-state index contributed by atoms with van der Waals surface area (Å²) in [7, 11) is 0. The smallest absolute Gasteiger partial charge is 0.407 e. The van der Waals surface area contributed by atoms with Gasteiger partial charge in [-0.25, -0.2) is 4.79 Å². The number of rotatable bonds is 3. The maximum atomic E-state index is 11.8. The largest absolute Gasteiger partial charge is 0.444 e. The molecule has 0 aromatic carbocycles. The molecule has 2 rings (SSSR count). The topological polar surface area (TPSA) is 59.6 Å². The van der Waals surface area contributed by atoms with E-state index in [1.807, 2.05) is 20.8 Å². The molecule has 130 valence electrons. The molecule has 5 nitrogen and oxygen atoms in total. The van der Waals surface area contributed by atoms with Crippen LogP contribution >= 0.6 is 12.4 Å². The molecule has 22 heavy (non-hydrogen) atoms. The molecular formula is C16H31ClN2O3. The summed E-state index contributed by atoms with van der Waals surface area (Å²) in [6.45, 7) is 7.80.